The Morgan fingerprint density at radius 2 is 1.70 bits per heavy atom. The predicted molar refractivity (Wildman–Crippen MR) is 112 cm³/mol. The molecule has 2 N–H and O–H groups in total. The Labute approximate surface area is 184 Å². The Balaban J connectivity index is 2.34. The van der Waals surface area contributed by atoms with E-state index in [-0.39, 0.29) is 46.8 Å². The molecule has 0 bridgehead atoms. The van der Waals surface area contributed by atoms with Crippen molar-refractivity contribution in [2.24, 2.45) is 0 Å². The molecule has 0 fully saturated rings. The Bertz CT molecular complexity index is 922. The standard InChI is InChI=1S/C21H23Cl2NO6/c1-4-6-15(25)29-9-10-30-21(28)17-12(3)24-11(2)16(20(26)27)18(17)13-7-5-8-14(22)19(13)23/h5,7-8,18,24H,4,6,9-10H2,1-3H3,(H,26,27). The third-order valence-electron chi connectivity index (χ3n) is 4.54. The molecular formula is C21H23Cl2NO6. The topological polar surface area (TPSA) is 102 Å². The van der Waals surface area contributed by atoms with E-state index in [2.05, 4.69) is 5.32 Å². The SMILES string of the molecule is CCCC(=O)OCCOC(=O)C1=C(C)NC(C)=C(C(=O)O)C1c1cccc(Cl)c1Cl. The molecule has 0 saturated heterocycles. The van der Waals surface area contributed by atoms with Crippen molar-refractivity contribution in [2.45, 2.75) is 39.5 Å². The Kier molecular flexibility index (Phi) is 8.32. The third kappa shape index (κ3) is 5.34. The molecule has 1 aromatic rings. The summed E-state index contributed by atoms with van der Waals surface area (Å²) < 4.78 is 10.2. The van der Waals surface area contributed by atoms with Crippen molar-refractivity contribution in [1.29, 1.82) is 0 Å². The number of nitrogens with one attached hydrogen (secondary N) is 1. The lowest BCUT2D eigenvalue weighted by molar-refractivity contribution is -0.150. The molecule has 162 valence electrons. The summed E-state index contributed by atoms with van der Waals surface area (Å²) >= 11 is 12.5. The molecule has 1 atom stereocenters. The molecule has 0 aliphatic carbocycles. The lowest BCUT2D eigenvalue weighted by Crippen LogP contribution is -2.32. The largest absolute Gasteiger partial charge is 0.478 e. The van der Waals surface area contributed by atoms with Gasteiger partial charge in [0.2, 0.25) is 0 Å². The zero-order chi connectivity index (χ0) is 22.4. The second-order valence-corrected chi connectivity index (χ2v) is 7.48. The fourth-order valence-electron chi connectivity index (χ4n) is 3.25. The molecule has 1 heterocycles. The van der Waals surface area contributed by atoms with Gasteiger partial charge in [0.05, 0.1) is 27.1 Å². The van der Waals surface area contributed by atoms with Crippen LogP contribution in [-0.4, -0.2) is 36.2 Å². The molecule has 30 heavy (non-hydrogen) atoms. The van der Waals surface area contributed by atoms with E-state index in [0.29, 0.717) is 23.4 Å². The van der Waals surface area contributed by atoms with Crippen LogP contribution in [0.15, 0.2) is 40.7 Å². The van der Waals surface area contributed by atoms with Crippen LogP contribution in [0, 0.1) is 0 Å². The molecule has 9 heteroatoms. The van der Waals surface area contributed by atoms with Crippen LogP contribution < -0.4 is 5.32 Å². The highest BCUT2D eigenvalue weighted by Crippen LogP contribution is 2.43. The Morgan fingerprint density at radius 1 is 1.07 bits per heavy atom. The summed E-state index contributed by atoms with van der Waals surface area (Å²) in [5, 5.41) is 13.1. The highest BCUT2D eigenvalue weighted by molar-refractivity contribution is 6.42. The van der Waals surface area contributed by atoms with E-state index in [1.807, 2.05) is 6.92 Å². The van der Waals surface area contributed by atoms with Crippen LogP contribution in [0.25, 0.3) is 0 Å². The van der Waals surface area contributed by atoms with Crippen molar-refractivity contribution >= 4 is 41.1 Å². The first-order valence-electron chi connectivity index (χ1n) is 9.37. The number of carboxylic acid groups (broad SMARTS) is 1. The fraction of sp³-hybridized carbons (Fsp3) is 0.381. The maximum atomic E-state index is 12.9. The number of carbonyl (C=O) groups excluding carboxylic acids is 2. The number of esters is 2. The average Bonchev–Trinajstić information content (AvgIpc) is 2.66. The van der Waals surface area contributed by atoms with Gasteiger partial charge in [-0.3, -0.25) is 4.79 Å². The van der Waals surface area contributed by atoms with Gasteiger partial charge in [0.25, 0.3) is 0 Å². The van der Waals surface area contributed by atoms with Crippen LogP contribution in [0.2, 0.25) is 10.0 Å². The lowest BCUT2D eigenvalue weighted by atomic mass is 9.80. The van der Waals surface area contributed by atoms with E-state index in [1.54, 1.807) is 32.0 Å². The second kappa shape index (κ2) is 10.5. The molecule has 0 radical (unpaired) electrons. The highest BCUT2D eigenvalue weighted by Gasteiger charge is 2.38. The summed E-state index contributed by atoms with van der Waals surface area (Å²) in [6, 6.07) is 4.82. The van der Waals surface area contributed by atoms with E-state index >= 15 is 0 Å². The van der Waals surface area contributed by atoms with E-state index in [1.165, 1.54) is 0 Å². The number of aliphatic carboxylic acids is 1. The second-order valence-electron chi connectivity index (χ2n) is 6.69. The fourth-order valence-corrected chi connectivity index (χ4v) is 3.66. The van der Waals surface area contributed by atoms with Gasteiger partial charge in [-0.15, -0.1) is 0 Å². The molecular weight excluding hydrogens is 433 g/mol. The van der Waals surface area contributed by atoms with Crippen molar-refractivity contribution in [2.75, 3.05) is 13.2 Å². The van der Waals surface area contributed by atoms with Crippen LogP contribution in [0.4, 0.5) is 0 Å². The van der Waals surface area contributed by atoms with E-state index < -0.39 is 17.9 Å². The van der Waals surface area contributed by atoms with Gasteiger partial charge in [-0.25, -0.2) is 9.59 Å². The van der Waals surface area contributed by atoms with Crippen LogP contribution in [0.1, 0.15) is 45.1 Å². The summed E-state index contributed by atoms with van der Waals surface area (Å²) in [5.74, 6) is -3.30. The molecule has 0 spiro atoms. The first-order chi connectivity index (χ1) is 14.2. The van der Waals surface area contributed by atoms with E-state index in [9.17, 15) is 19.5 Å². The molecule has 2 rings (SSSR count). The number of dihydropyridines is 1. The van der Waals surface area contributed by atoms with Crippen molar-refractivity contribution in [3.63, 3.8) is 0 Å². The van der Waals surface area contributed by atoms with Gasteiger partial charge in [0.15, 0.2) is 0 Å². The van der Waals surface area contributed by atoms with Gasteiger partial charge in [0.1, 0.15) is 13.2 Å². The van der Waals surface area contributed by atoms with E-state index in [0.717, 1.165) is 0 Å². The van der Waals surface area contributed by atoms with Crippen molar-refractivity contribution in [3.8, 4) is 0 Å². The normalized spacial score (nSPS) is 16.2. The van der Waals surface area contributed by atoms with Gasteiger partial charge < -0.3 is 19.9 Å². The number of rotatable bonds is 8. The third-order valence-corrected chi connectivity index (χ3v) is 5.37. The molecule has 1 aliphatic rings. The lowest BCUT2D eigenvalue weighted by Gasteiger charge is -2.30. The molecule has 1 unspecified atom stereocenters. The first-order valence-corrected chi connectivity index (χ1v) is 10.1. The molecule has 0 saturated carbocycles. The number of hydrogen-bond acceptors (Lipinski definition) is 6. The van der Waals surface area contributed by atoms with Gasteiger partial charge in [-0.05, 0) is 31.9 Å². The van der Waals surface area contributed by atoms with Crippen molar-refractivity contribution in [1.82, 2.24) is 5.32 Å². The average molecular weight is 456 g/mol. The van der Waals surface area contributed by atoms with Gasteiger partial charge in [-0.2, -0.15) is 0 Å². The van der Waals surface area contributed by atoms with E-state index in [4.69, 9.17) is 32.7 Å². The number of allylic oxidation sites excluding steroid dienone is 2. The number of carbonyl (C=O) groups is 3. The van der Waals surface area contributed by atoms with Gasteiger partial charge in [-0.1, -0.05) is 42.3 Å². The summed E-state index contributed by atoms with van der Waals surface area (Å²) in [4.78, 5) is 36.3. The zero-order valence-corrected chi connectivity index (χ0v) is 18.4. The monoisotopic (exact) mass is 455 g/mol. The summed E-state index contributed by atoms with van der Waals surface area (Å²) in [5.41, 5.74) is 1.26. The maximum absolute atomic E-state index is 12.9. The predicted octanol–water partition coefficient (Wildman–Crippen LogP) is 4.20. The van der Waals surface area contributed by atoms with Crippen LogP contribution in [0.3, 0.4) is 0 Å². The molecule has 0 aromatic heterocycles. The van der Waals surface area contributed by atoms with Gasteiger partial charge >= 0.3 is 17.9 Å². The number of carboxylic acids is 1. The minimum absolute atomic E-state index is 0.0360. The molecule has 0 amide bonds. The highest BCUT2D eigenvalue weighted by atomic mass is 35.5. The Morgan fingerprint density at radius 3 is 2.33 bits per heavy atom. The summed E-state index contributed by atoms with van der Waals surface area (Å²) in [6.45, 7) is 4.85. The Hall–Kier alpha value is -2.51. The van der Waals surface area contributed by atoms with Gasteiger partial charge in [0, 0.05) is 17.8 Å². The quantitative estimate of drug-likeness (QED) is 0.447. The first kappa shape index (κ1) is 23.8. The zero-order valence-electron chi connectivity index (χ0n) is 16.9. The summed E-state index contributed by atoms with van der Waals surface area (Å²) in [7, 11) is 0. The molecule has 1 aliphatic heterocycles. The molecule has 7 nitrogen and oxygen atoms in total. The number of hydrogen-bond donors (Lipinski definition) is 2. The van der Waals surface area contributed by atoms with Crippen LogP contribution in [-0.2, 0) is 23.9 Å². The molecule has 1 aromatic carbocycles. The minimum atomic E-state index is -1.20. The minimum Gasteiger partial charge on any atom is -0.478 e. The number of benzene rings is 1. The van der Waals surface area contributed by atoms with Crippen molar-refractivity contribution in [3.05, 3.63) is 56.3 Å². The van der Waals surface area contributed by atoms with Crippen LogP contribution in [0.5, 0.6) is 0 Å². The number of ether oxygens (including phenoxy) is 2. The smallest absolute Gasteiger partial charge is 0.336 e. The summed E-state index contributed by atoms with van der Waals surface area (Å²) in [6.07, 6.45) is 0.936. The van der Waals surface area contributed by atoms with Crippen LogP contribution >= 0.6 is 23.2 Å². The maximum Gasteiger partial charge on any atom is 0.336 e. The van der Waals surface area contributed by atoms with Crippen molar-refractivity contribution < 1.29 is 29.0 Å². The number of halogens is 2.